The summed E-state index contributed by atoms with van der Waals surface area (Å²) in [5.41, 5.74) is -0.361. The number of anilines is 1. The molecule has 0 radical (unpaired) electrons. The third-order valence-electron chi connectivity index (χ3n) is 4.17. The lowest BCUT2D eigenvalue weighted by Crippen LogP contribution is -2.15. The number of sulfone groups is 1. The zero-order chi connectivity index (χ0) is 25.1. The number of carbonyl (C=O) groups excluding carboxylic acids is 1. The molecule has 0 aliphatic carbocycles. The number of terminal acetylenes is 1. The van der Waals surface area contributed by atoms with Gasteiger partial charge in [0.2, 0.25) is 0 Å². The number of carbonyl (C=O) groups is 1. The molecule has 0 unspecified atom stereocenters. The third kappa shape index (κ3) is 6.16. The molecule has 14 heteroatoms. The fourth-order valence-corrected chi connectivity index (χ4v) is 5.37. The molecule has 0 aliphatic rings. The normalized spacial score (nSPS) is 11.4. The maximum atomic E-state index is 12.5. The van der Waals surface area contributed by atoms with Crippen molar-refractivity contribution in [1.82, 2.24) is 4.98 Å². The maximum Gasteiger partial charge on any atom is 0.313 e. The van der Waals surface area contributed by atoms with Crippen molar-refractivity contribution < 1.29 is 30.7 Å². The van der Waals surface area contributed by atoms with Crippen molar-refractivity contribution >= 4 is 48.0 Å². The number of nitrogens with zero attached hydrogens (tertiary/aromatic N) is 2. The lowest BCUT2D eigenvalue weighted by atomic mass is 10.1. The Morgan fingerprint density at radius 1 is 1.24 bits per heavy atom. The molecule has 1 aromatic heterocycles. The van der Waals surface area contributed by atoms with E-state index >= 15 is 0 Å². The van der Waals surface area contributed by atoms with E-state index in [1.54, 1.807) is 0 Å². The van der Waals surface area contributed by atoms with E-state index in [1.165, 1.54) is 30.3 Å². The lowest BCUT2D eigenvalue weighted by Gasteiger charge is -2.09. The molecule has 176 valence electrons. The summed E-state index contributed by atoms with van der Waals surface area (Å²) in [5, 5.41) is 13.7. The summed E-state index contributed by atoms with van der Waals surface area (Å²) in [4.78, 5) is 26.8. The fraction of sp³-hybridized carbons (Fsp3) is 0.100. The quantitative estimate of drug-likeness (QED) is 0.203. The average molecular weight is 522 g/mol. The summed E-state index contributed by atoms with van der Waals surface area (Å²) in [6.45, 7) is 0. The standard InChI is InChI=1S/C20H15N3O8S3/c1-3-13-7-8-15(17(9-13)23(25)26)12-34(29,30)31-16-6-4-5-14(10-16)19(24)22-20-21-11-18(32-20)33(2,27)28/h1,4-11H,12H2,2H3,(H,21,22,24). The largest absolute Gasteiger partial charge is 0.382 e. The molecule has 0 saturated carbocycles. The van der Waals surface area contributed by atoms with Gasteiger partial charge >= 0.3 is 10.1 Å². The molecule has 0 atom stereocenters. The van der Waals surface area contributed by atoms with Crippen LogP contribution >= 0.6 is 11.3 Å². The Balaban J connectivity index is 1.77. The Labute approximate surface area is 198 Å². The number of thiazole rings is 1. The van der Waals surface area contributed by atoms with E-state index in [1.807, 2.05) is 0 Å². The number of hydrogen-bond donors (Lipinski definition) is 1. The SMILES string of the molecule is C#Cc1ccc(CS(=O)(=O)Oc2cccc(C(=O)Nc3ncc(S(C)(=O)=O)s3)c2)c([N+](=O)[O-])c1. The van der Waals surface area contributed by atoms with Gasteiger partial charge in [-0.2, -0.15) is 8.42 Å². The number of rotatable bonds is 8. The number of hydrogen-bond acceptors (Lipinski definition) is 10. The first-order chi connectivity index (χ1) is 15.9. The Kier molecular flexibility index (Phi) is 7.01. The molecule has 0 fully saturated rings. The van der Waals surface area contributed by atoms with Gasteiger partial charge in [-0.15, -0.1) is 6.42 Å². The molecule has 2 aromatic carbocycles. The van der Waals surface area contributed by atoms with Gasteiger partial charge in [-0.1, -0.05) is 23.3 Å². The van der Waals surface area contributed by atoms with Crippen LogP contribution in [0.3, 0.4) is 0 Å². The predicted octanol–water partition coefficient (Wildman–Crippen LogP) is 2.60. The molecule has 11 nitrogen and oxygen atoms in total. The van der Waals surface area contributed by atoms with Gasteiger partial charge in [0.1, 0.15) is 15.7 Å². The van der Waals surface area contributed by atoms with Crippen molar-refractivity contribution in [3.8, 4) is 18.1 Å². The molecule has 34 heavy (non-hydrogen) atoms. The summed E-state index contributed by atoms with van der Waals surface area (Å²) in [7, 11) is -7.82. The average Bonchev–Trinajstić information content (AvgIpc) is 3.22. The first-order valence-corrected chi connectivity index (χ1v) is 13.4. The highest BCUT2D eigenvalue weighted by atomic mass is 32.2. The van der Waals surface area contributed by atoms with Crippen LogP contribution in [0.25, 0.3) is 0 Å². The van der Waals surface area contributed by atoms with Gasteiger partial charge in [-0.05, 0) is 30.3 Å². The van der Waals surface area contributed by atoms with Crippen LogP contribution in [0.4, 0.5) is 10.8 Å². The van der Waals surface area contributed by atoms with Crippen LogP contribution in [0.2, 0.25) is 0 Å². The van der Waals surface area contributed by atoms with Crippen molar-refractivity contribution in [2.45, 2.75) is 9.96 Å². The van der Waals surface area contributed by atoms with Crippen molar-refractivity contribution in [3.63, 3.8) is 0 Å². The fourth-order valence-electron chi connectivity index (χ4n) is 2.66. The second kappa shape index (κ2) is 9.59. The molecule has 3 rings (SSSR count). The minimum absolute atomic E-state index is 0.00755. The Morgan fingerprint density at radius 3 is 2.59 bits per heavy atom. The van der Waals surface area contributed by atoms with Gasteiger partial charge in [-0.25, -0.2) is 13.4 Å². The number of amides is 1. The molecular formula is C20H15N3O8S3. The van der Waals surface area contributed by atoms with E-state index < -0.39 is 42.2 Å². The smallest absolute Gasteiger partial charge is 0.313 e. The van der Waals surface area contributed by atoms with Gasteiger partial charge in [0.15, 0.2) is 15.0 Å². The van der Waals surface area contributed by atoms with Crippen LogP contribution in [0.1, 0.15) is 21.5 Å². The molecule has 1 N–H and O–H groups in total. The Bertz CT molecular complexity index is 1540. The van der Waals surface area contributed by atoms with E-state index in [0.717, 1.165) is 35.9 Å². The highest BCUT2D eigenvalue weighted by Crippen LogP contribution is 2.26. The molecule has 0 aliphatic heterocycles. The van der Waals surface area contributed by atoms with Crippen LogP contribution in [0.15, 0.2) is 52.9 Å². The molecule has 0 bridgehead atoms. The molecule has 0 saturated heterocycles. The van der Waals surface area contributed by atoms with Crippen LogP contribution in [0.5, 0.6) is 5.75 Å². The lowest BCUT2D eigenvalue weighted by molar-refractivity contribution is -0.385. The monoisotopic (exact) mass is 521 g/mol. The first-order valence-electron chi connectivity index (χ1n) is 9.11. The Morgan fingerprint density at radius 2 is 1.97 bits per heavy atom. The summed E-state index contributed by atoms with van der Waals surface area (Å²) >= 11 is 0.759. The van der Waals surface area contributed by atoms with E-state index in [9.17, 15) is 31.7 Å². The molecule has 1 heterocycles. The van der Waals surface area contributed by atoms with Crippen molar-refractivity contribution in [2.24, 2.45) is 0 Å². The van der Waals surface area contributed by atoms with Crippen LogP contribution < -0.4 is 9.50 Å². The minimum atomic E-state index is -4.34. The number of nitro groups is 1. The topological polar surface area (TPSA) is 163 Å². The summed E-state index contributed by atoms with van der Waals surface area (Å²) in [5.74, 6) is 0.546. The molecular weight excluding hydrogens is 506 g/mol. The van der Waals surface area contributed by atoms with E-state index in [4.69, 9.17) is 10.6 Å². The highest BCUT2D eigenvalue weighted by Gasteiger charge is 2.23. The van der Waals surface area contributed by atoms with Gasteiger partial charge < -0.3 is 4.18 Å². The van der Waals surface area contributed by atoms with Gasteiger partial charge in [-0.3, -0.25) is 20.2 Å². The number of benzene rings is 2. The Hall–Kier alpha value is -3.80. The zero-order valence-electron chi connectivity index (χ0n) is 17.3. The van der Waals surface area contributed by atoms with Crippen molar-refractivity contribution in [1.29, 1.82) is 0 Å². The molecule has 1 amide bonds. The summed E-state index contributed by atoms with van der Waals surface area (Å²) in [6, 6.07) is 8.87. The third-order valence-corrected chi connectivity index (χ3v) is 7.98. The number of aromatic nitrogens is 1. The minimum Gasteiger partial charge on any atom is -0.382 e. The van der Waals surface area contributed by atoms with Gasteiger partial charge in [0.05, 0.1) is 11.1 Å². The van der Waals surface area contributed by atoms with Gasteiger partial charge in [0, 0.05) is 29.0 Å². The van der Waals surface area contributed by atoms with Crippen molar-refractivity contribution in [3.05, 3.63) is 75.5 Å². The molecule has 3 aromatic rings. The number of nitrogens with one attached hydrogen (secondary N) is 1. The summed E-state index contributed by atoms with van der Waals surface area (Å²) < 4.78 is 53.1. The second-order valence-corrected chi connectivity index (χ2v) is 11.6. The first kappa shape index (κ1) is 24.8. The van der Waals surface area contributed by atoms with E-state index in [-0.39, 0.29) is 31.8 Å². The van der Waals surface area contributed by atoms with Crippen LogP contribution in [0, 0.1) is 22.5 Å². The number of nitro benzene ring substituents is 1. The van der Waals surface area contributed by atoms with Crippen LogP contribution in [-0.2, 0) is 25.7 Å². The second-order valence-electron chi connectivity index (χ2n) is 6.77. The summed E-state index contributed by atoms with van der Waals surface area (Å²) in [6.07, 6.45) is 7.34. The zero-order valence-corrected chi connectivity index (χ0v) is 19.7. The maximum absolute atomic E-state index is 12.5. The predicted molar refractivity (Wildman–Crippen MR) is 124 cm³/mol. The van der Waals surface area contributed by atoms with E-state index in [0.29, 0.717) is 0 Å². The van der Waals surface area contributed by atoms with Gasteiger partial charge in [0.25, 0.3) is 11.6 Å². The van der Waals surface area contributed by atoms with Crippen molar-refractivity contribution in [2.75, 3.05) is 11.6 Å². The highest BCUT2D eigenvalue weighted by molar-refractivity contribution is 7.92. The van der Waals surface area contributed by atoms with Crippen LogP contribution in [-0.4, -0.2) is 38.9 Å². The van der Waals surface area contributed by atoms with E-state index in [2.05, 4.69) is 16.2 Å². The molecule has 0 spiro atoms.